The van der Waals surface area contributed by atoms with Gasteiger partial charge in [-0.25, -0.2) is 0 Å². The van der Waals surface area contributed by atoms with Crippen molar-refractivity contribution in [1.82, 2.24) is 10.2 Å². The van der Waals surface area contributed by atoms with Crippen LogP contribution in [-0.2, 0) is 19.3 Å². The molecule has 1 aliphatic carbocycles. The normalized spacial score (nSPS) is 18.7. The SMILES string of the molecule is c1ccc(CC2CCc3nnccc3C2)cc1. The Morgan fingerprint density at radius 1 is 1.12 bits per heavy atom. The second kappa shape index (κ2) is 4.66. The second-order valence-corrected chi connectivity index (χ2v) is 4.80. The van der Waals surface area contributed by atoms with Gasteiger partial charge in [-0.05, 0) is 48.8 Å². The Labute approximate surface area is 102 Å². The zero-order valence-corrected chi connectivity index (χ0v) is 9.84. The molecular formula is C15H16N2. The lowest BCUT2D eigenvalue weighted by Gasteiger charge is -2.23. The molecule has 1 atom stereocenters. The van der Waals surface area contributed by atoms with Crippen LogP contribution in [0.5, 0.6) is 0 Å². The Morgan fingerprint density at radius 3 is 2.88 bits per heavy atom. The van der Waals surface area contributed by atoms with Crippen LogP contribution in [0.15, 0.2) is 42.6 Å². The number of rotatable bonds is 2. The van der Waals surface area contributed by atoms with Gasteiger partial charge in [0, 0.05) is 6.20 Å². The summed E-state index contributed by atoms with van der Waals surface area (Å²) in [6.07, 6.45) is 6.47. The van der Waals surface area contributed by atoms with Gasteiger partial charge in [-0.15, -0.1) is 0 Å². The lowest BCUT2D eigenvalue weighted by molar-refractivity contribution is 0.447. The van der Waals surface area contributed by atoms with Gasteiger partial charge in [0.05, 0.1) is 5.69 Å². The molecule has 0 aliphatic heterocycles. The Bertz CT molecular complexity index is 493. The molecule has 1 aliphatic rings. The third kappa shape index (κ3) is 2.36. The predicted octanol–water partition coefficient (Wildman–Crippen LogP) is 2.82. The molecular weight excluding hydrogens is 208 g/mol. The Hall–Kier alpha value is -1.70. The van der Waals surface area contributed by atoms with Gasteiger partial charge in [0.25, 0.3) is 0 Å². The summed E-state index contributed by atoms with van der Waals surface area (Å²) in [4.78, 5) is 0. The third-order valence-electron chi connectivity index (χ3n) is 3.56. The maximum absolute atomic E-state index is 4.21. The molecule has 3 rings (SSSR count). The zero-order valence-electron chi connectivity index (χ0n) is 9.84. The quantitative estimate of drug-likeness (QED) is 0.784. The highest BCUT2D eigenvalue weighted by molar-refractivity contribution is 5.22. The van der Waals surface area contributed by atoms with Crippen molar-refractivity contribution in [3.63, 3.8) is 0 Å². The predicted molar refractivity (Wildman–Crippen MR) is 67.7 cm³/mol. The van der Waals surface area contributed by atoms with Crippen molar-refractivity contribution < 1.29 is 0 Å². The van der Waals surface area contributed by atoms with E-state index in [2.05, 4.69) is 46.6 Å². The molecule has 0 N–H and O–H groups in total. The molecule has 2 heteroatoms. The maximum atomic E-state index is 4.21. The van der Waals surface area contributed by atoms with Crippen molar-refractivity contribution in [3.8, 4) is 0 Å². The number of hydrogen-bond donors (Lipinski definition) is 0. The molecule has 0 spiro atoms. The van der Waals surface area contributed by atoms with Crippen molar-refractivity contribution >= 4 is 0 Å². The first-order chi connectivity index (χ1) is 8.42. The summed E-state index contributed by atoms with van der Waals surface area (Å²) in [5, 5.41) is 8.17. The minimum Gasteiger partial charge on any atom is -0.159 e. The summed E-state index contributed by atoms with van der Waals surface area (Å²) < 4.78 is 0. The van der Waals surface area contributed by atoms with Gasteiger partial charge in [0.1, 0.15) is 0 Å². The highest BCUT2D eigenvalue weighted by Crippen LogP contribution is 2.26. The maximum Gasteiger partial charge on any atom is 0.0663 e. The number of nitrogens with zero attached hydrogens (tertiary/aromatic N) is 2. The molecule has 0 fully saturated rings. The van der Waals surface area contributed by atoms with E-state index < -0.39 is 0 Å². The van der Waals surface area contributed by atoms with Crippen LogP contribution in [0.1, 0.15) is 23.2 Å². The molecule has 0 amide bonds. The Morgan fingerprint density at radius 2 is 2.00 bits per heavy atom. The lowest BCUT2D eigenvalue weighted by atomic mass is 9.83. The molecule has 1 heterocycles. The van der Waals surface area contributed by atoms with E-state index in [1.165, 1.54) is 29.7 Å². The minimum absolute atomic E-state index is 0.758. The summed E-state index contributed by atoms with van der Waals surface area (Å²) in [6, 6.07) is 12.9. The fraction of sp³-hybridized carbons (Fsp3) is 0.333. The monoisotopic (exact) mass is 224 g/mol. The number of fused-ring (bicyclic) bond motifs is 1. The average molecular weight is 224 g/mol. The average Bonchev–Trinajstić information content (AvgIpc) is 2.40. The summed E-state index contributed by atoms with van der Waals surface area (Å²) in [5.74, 6) is 0.758. The zero-order chi connectivity index (χ0) is 11.5. The number of benzene rings is 1. The fourth-order valence-electron chi connectivity index (χ4n) is 2.66. The Balaban J connectivity index is 1.72. The van der Waals surface area contributed by atoms with Gasteiger partial charge < -0.3 is 0 Å². The minimum atomic E-state index is 0.758. The van der Waals surface area contributed by atoms with Crippen LogP contribution in [0.25, 0.3) is 0 Å². The summed E-state index contributed by atoms with van der Waals surface area (Å²) in [5.41, 5.74) is 4.05. The van der Waals surface area contributed by atoms with E-state index in [4.69, 9.17) is 0 Å². The molecule has 2 nitrogen and oxygen atoms in total. The lowest BCUT2D eigenvalue weighted by Crippen LogP contribution is -2.17. The van der Waals surface area contributed by atoms with Gasteiger partial charge in [0.15, 0.2) is 0 Å². The molecule has 1 unspecified atom stereocenters. The first kappa shape index (κ1) is 10.5. The largest absolute Gasteiger partial charge is 0.159 e. The standard InChI is InChI=1S/C15H16N2/c1-2-4-12(5-3-1)10-13-6-7-15-14(11-13)8-9-16-17-15/h1-5,8-9,13H,6-7,10-11H2. The van der Waals surface area contributed by atoms with Crippen LogP contribution in [0.3, 0.4) is 0 Å². The van der Waals surface area contributed by atoms with E-state index in [1.54, 1.807) is 0 Å². The molecule has 0 saturated heterocycles. The second-order valence-electron chi connectivity index (χ2n) is 4.80. The molecule has 86 valence electrons. The van der Waals surface area contributed by atoms with E-state index in [-0.39, 0.29) is 0 Å². The van der Waals surface area contributed by atoms with Gasteiger partial charge >= 0.3 is 0 Å². The van der Waals surface area contributed by atoms with E-state index in [0.717, 1.165) is 18.8 Å². The topological polar surface area (TPSA) is 25.8 Å². The molecule has 0 bridgehead atoms. The van der Waals surface area contributed by atoms with Gasteiger partial charge in [0.2, 0.25) is 0 Å². The van der Waals surface area contributed by atoms with Crippen molar-refractivity contribution in [3.05, 3.63) is 59.4 Å². The summed E-state index contributed by atoms with van der Waals surface area (Å²) >= 11 is 0. The third-order valence-corrected chi connectivity index (χ3v) is 3.56. The van der Waals surface area contributed by atoms with Crippen LogP contribution in [0.2, 0.25) is 0 Å². The number of hydrogen-bond acceptors (Lipinski definition) is 2. The van der Waals surface area contributed by atoms with Crippen LogP contribution in [0.4, 0.5) is 0 Å². The highest BCUT2D eigenvalue weighted by atomic mass is 15.1. The first-order valence-electron chi connectivity index (χ1n) is 6.25. The van der Waals surface area contributed by atoms with E-state index in [9.17, 15) is 0 Å². The molecule has 2 aromatic rings. The molecule has 1 aromatic heterocycles. The molecule has 1 aromatic carbocycles. The van der Waals surface area contributed by atoms with E-state index in [0.29, 0.717) is 0 Å². The Kier molecular flexibility index (Phi) is 2.87. The van der Waals surface area contributed by atoms with Gasteiger partial charge in [-0.1, -0.05) is 30.3 Å². The van der Waals surface area contributed by atoms with E-state index in [1.807, 2.05) is 6.20 Å². The number of aromatic nitrogens is 2. The van der Waals surface area contributed by atoms with Crippen molar-refractivity contribution in [2.45, 2.75) is 25.7 Å². The van der Waals surface area contributed by atoms with E-state index >= 15 is 0 Å². The van der Waals surface area contributed by atoms with Crippen molar-refractivity contribution in [1.29, 1.82) is 0 Å². The first-order valence-corrected chi connectivity index (χ1v) is 6.25. The van der Waals surface area contributed by atoms with Crippen LogP contribution in [0, 0.1) is 5.92 Å². The van der Waals surface area contributed by atoms with Crippen molar-refractivity contribution in [2.75, 3.05) is 0 Å². The van der Waals surface area contributed by atoms with Crippen LogP contribution in [-0.4, -0.2) is 10.2 Å². The fourth-order valence-corrected chi connectivity index (χ4v) is 2.66. The van der Waals surface area contributed by atoms with Crippen LogP contribution >= 0.6 is 0 Å². The van der Waals surface area contributed by atoms with Crippen LogP contribution < -0.4 is 0 Å². The summed E-state index contributed by atoms with van der Waals surface area (Å²) in [7, 11) is 0. The summed E-state index contributed by atoms with van der Waals surface area (Å²) in [6.45, 7) is 0. The smallest absolute Gasteiger partial charge is 0.0663 e. The van der Waals surface area contributed by atoms with Gasteiger partial charge in [-0.3, -0.25) is 0 Å². The molecule has 17 heavy (non-hydrogen) atoms. The highest BCUT2D eigenvalue weighted by Gasteiger charge is 2.19. The van der Waals surface area contributed by atoms with Crippen molar-refractivity contribution in [2.24, 2.45) is 5.92 Å². The molecule has 0 saturated carbocycles. The molecule has 0 radical (unpaired) electrons. The van der Waals surface area contributed by atoms with Gasteiger partial charge in [-0.2, -0.15) is 10.2 Å². The number of aryl methyl sites for hydroxylation is 1.